The van der Waals surface area contributed by atoms with Crippen molar-refractivity contribution in [1.29, 1.82) is 0 Å². The summed E-state index contributed by atoms with van der Waals surface area (Å²) in [7, 11) is 0. The van der Waals surface area contributed by atoms with Crippen molar-refractivity contribution < 1.29 is 29.3 Å². The smallest absolute Gasteiger partial charge is 0.407 e. The molecule has 0 aliphatic heterocycles. The fourth-order valence-corrected chi connectivity index (χ4v) is 4.43. The third kappa shape index (κ3) is 5.58. The van der Waals surface area contributed by atoms with Crippen LogP contribution in [0.15, 0.2) is 72.8 Å². The Morgan fingerprint density at radius 2 is 1.44 bits per heavy atom. The van der Waals surface area contributed by atoms with Gasteiger partial charge in [0.05, 0.1) is 5.56 Å². The van der Waals surface area contributed by atoms with Gasteiger partial charge in [-0.05, 0) is 54.7 Å². The van der Waals surface area contributed by atoms with Crippen molar-refractivity contribution in [2.75, 3.05) is 13.2 Å². The molecule has 36 heavy (non-hydrogen) atoms. The largest absolute Gasteiger partial charge is 0.456 e. The first-order valence-electron chi connectivity index (χ1n) is 11.9. The van der Waals surface area contributed by atoms with Crippen LogP contribution in [-0.2, 0) is 9.47 Å². The molecular weight excluding hydrogens is 458 g/mol. The van der Waals surface area contributed by atoms with E-state index in [-0.39, 0.29) is 30.2 Å². The Bertz CT molecular complexity index is 1200. The van der Waals surface area contributed by atoms with Crippen LogP contribution in [0.1, 0.15) is 59.8 Å². The molecule has 0 radical (unpaired) electrons. The maximum absolute atomic E-state index is 12.6. The number of hydrogen-bond donors (Lipinski definition) is 3. The van der Waals surface area contributed by atoms with E-state index in [2.05, 4.69) is 17.4 Å². The van der Waals surface area contributed by atoms with Crippen molar-refractivity contribution in [2.45, 2.75) is 44.5 Å². The average molecular weight is 490 g/mol. The third-order valence-corrected chi connectivity index (χ3v) is 6.06. The molecule has 1 aliphatic rings. The molecule has 0 heterocycles. The molecule has 2 atom stereocenters. The first kappa shape index (κ1) is 25.4. The summed E-state index contributed by atoms with van der Waals surface area (Å²) in [5, 5.41) is 23.7. The van der Waals surface area contributed by atoms with Gasteiger partial charge in [-0.15, -0.1) is 0 Å². The minimum atomic E-state index is -1.41. The summed E-state index contributed by atoms with van der Waals surface area (Å²) in [5.41, 5.74) is 4.11. The number of esters is 1. The normalized spacial score (nSPS) is 14.4. The lowest BCUT2D eigenvalue weighted by molar-refractivity contribution is 0.00317. The first-order chi connectivity index (χ1) is 17.2. The predicted molar refractivity (Wildman–Crippen MR) is 136 cm³/mol. The number of carbonyl (C=O) groups is 2. The van der Waals surface area contributed by atoms with E-state index in [0.717, 1.165) is 22.3 Å². The van der Waals surface area contributed by atoms with Crippen molar-refractivity contribution >= 4 is 12.1 Å². The second kappa shape index (κ2) is 10.5. The van der Waals surface area contributed by atoms with E-state index in [1.807, 2.05) is 36.4 Å². The van der Waals surface area contributed by atoms with E-state index < -0.39 is 29.9 Å². The van der Waals surface area contributed by atoms with E-state index in [4.69, 9.17) is 9.47 Å². The molecule has 3 N–H and O–H groups in total. The van der Waals surface area contributed by atoms with Crippen molar-refractivity contribution in [3.05, 3.63) is 95.1 Å². The molecule has 7 heteroatoms. The molecule has 4 rings (SSSR count). The van der Waals surface area contributed by atoms with Crippen molar-refractivity contribution in [1.82, 2.24) is 5.32 Å². The number of alkyl carbamates (subject to hydrolysis) is 1. The van der Waals surface area contributed by atoms with E-state index in [9.17, 15) is 19.8 Å². The number of aliphatic hydroxyl groups is 2. The number of fused-ring (bicyclic) bond motifs is 3. The first-order valence-corrected chi connectivity index (χ1v) is 11.9. The zero-order valence-corrected chi connectivity index (χ0v) is 20.6. The molecule has 0 spiro atoms. The number of carbonyl (C=O) groups excluding carboxylic acids is 2. The molecule has 7 nitrogen and oxygen atoms in total. The highest BCUT2D eigenvalue weighted by Crippen LogP contribution is 2.44. The fraction of sp³-hybridized carbons (Fsp3) is 0.310. The highest BCUT2D eigenvalue weighted by atomic mass is 16.6. The zero-order chi connectivity index (χ0) is 25.9. The summed E-state index contributed by atoms with van der Waals surface area (Å²) in [6.07, 6.45) is -3.49. The van der Waals surface area contributed by atoms with Crippen LogP contribution in [0.2, 0.25) is 0 Å². The number of amides is 1. The van der Waals surface area contributed by atoms with E-state index in [1.165, 1.54) is 6.07 Å². The van der Waals surface area contributed by atoms with Crippen molar-refractivity contribution in [3.63, 3.8) is 0 Å². The van der Waals surface area contributed by atoms with E-state index in [0.29, 0.717) is 0 Å². The average Bonchev–Trinajstić information content (AvgIpc) is 3.18. The monoisotopic (exact) mass is 489 g/mol. The molecule has 3 aromatic rings. The van der Waals surface area contributed by atoms with Crippen LogP contribution in [0.25, 0.3) is 11.1 Å². The summed E-state index contributed by atoms with van der Waals surface area (Å²) in [6, 6.07) is 22.4. The fourth-order valence-electron chi connectivity index (χ4n) is 4.43. The van der Waals surface area contributed by atoms with Gasteiger partial charge < -0.3 is 25.0 Å². The molecule has 1 aliphatic carbocycles. The Labute approximate surface area is 210 Å². The van der Waals surface area contributed by atoms with Gasteiger partial charge in [0.25, 0.3) is 0 Å². The Morgan fingerprint density at radius 3 is 2.06 bits per heavy atom. The van der Waals surface area contributed by atoms with Crippen LogP contribution in [-0.4, -0.2) is 47.1 Å². The van der Waals surface area contributed by atoms with Gasteiger partial charge >= 0.3 is 12.1 Å². The molecule has 0 fully saturated rings. The quantitative estimate of drug-likeness (QED) is 0.420. The molecule has 0 saturated heterocycles. The number of rotatable bonds is 7. The summed E-state index contributed by atoms with van der Waals surface area (Å²) in [4.78, 5) is 25.0. The maximum atomic E-state index is 12.6. The molecule has 188 valence electrons. The van der Waals surface area contributed by atoms with Crippen LogP contribution in [0.4, 0.5) is 4.79 Å². The minimum Gasteiger partial charge on any atom is -0.456 e. The van der Waals surface area contributed by atoms with Gasteiger partial charge in [-0.3, -0.25) is 0 Å². The van der Waals surface area contributed by atoms with Gasteiger partial charge in [0.1, 0.15) is 24.4 Å². The Kier molecular flexibility index (Phi) is 7.43. The molecule has 0 aromatic heterocycles. The van der Waals surface area contributed by atoms with Crippen LogP contribution in [0, 0.1) is 0 Å². The Balaban J connectivity index is 1.35. The van der Waals surface area contributed by atoms with E-state index in [1.54, 1.807) is 39.0 Å². The Hall–Kier alpha value is -3.68. The van der Waals surface area contributed by atoms with Crippen LogP contribution in [0.3, 0.4) is 0 Å². The highest BCUT2D eigenvalue weighted by molar-refractivity contribution is 5.91. The second-order valence-electron chi connectivity index (χ2n) is 9.81. The van der Waals surface area contributed by atoms with Gasteiger partial charge in [-0.1, -0.05) is 66.7 Å². The topological polar surface area (TPSA) is 105 Å². The number of nitrogens with one attached hydrogen (secondary N) is 1. The SMILES string of the molecule is CC(C)(C)OC(=O)c1ccccc1C(O)C(O)CNC(=O)OCC1c2ccccc2-c2ccccc21. The van der Waals surface area contributed by atoms with Gasteiger partial charge in [0, 0.05) is 12.5 Å². The molecule has 2 unspecified atom stereocenters. The zero-order valence-electron chi connectivity index (χ0n) is 20.6. The lowest BCUT2D eigenvalue weighted by Gasteiger charge is -2.23. The van der Waals surface area contributed by atoms with Crippen molar-refractivity contribution in [2.24, 2.45) is 0 Å². The lowest BCUT2D eigenvalue weighted by atomic mass is 9.98. The van der Waals surface area contributed by atoms with Crippen LogP contribution >= 0.6 is 0 Å². The molecule has 0 bridgehead atoms. The third-order valence-electron chi connectivity index (χ3n) is 6.06. The summed E-state index contributed by atoms with van der Waals surface area (Å²) >= 11 is 0. The second-order valence-corrected chi connectivity index (χ2v) is 9.81. The van der Waals surface area contributed by atoms with Gasteiger partial charge in [-0.25, -0.2) is 9.59 Å². The minimum absolute atomic E-state index is 0.0839. The summed E-state index contributed by atoms with van der Waals surface area (Å²) in [6.45, 7) is 5.12. The molecule has 1 amide bonds. The van der Waals surface area contributed by atoms with Gasteiger partial charge in [-0.2, -0.15) is 0 Å². The van der Waals surface area contributed by atoms with Crippen molar-refractivity contribution in [3.8, 4) is 11.1 Å². The molecular formula is C29H31NO6. The summed E-state index contributed by atoms with van der Waals surface area (Å²) < 4.78 is 10.9. The molecule has 3 aromatic carbocycles. The summed E-state index contributed by atoms with van der Waals surface area (Å²) in [5.74, 6) is -0.687. The predicted octanol–water partition coefficient (Wildman–Crippen LogP) is 4.57. The molecule has 0 saturated carbocycles. The maximum Gasteiger partial charge on any atom is 0.407 e. The standard InChI is InChI=1S/C29H31NO6/c1-29(2,3)36-27(33)23-15-9-8-14-22(23)26(32)25(31)16-30-28(34)35-17-24-20-12-6-4-10-18(20)19-11-5-7-13-21(19)24/h4-15,24-26,31-32H,16-17H2,1-3H3,(H,30,34). The lowest BCUT2D eigenvalue weighted by Crippen LogP contribution is -2.36. The number of aliphatic hydroxyl groups excluding tert-OH is 2. The highest BCUT2D eigenvalue weighted by Gasteiger charge is 2.30. The number of hydrogen-bond acceptors (Lipinski definition) is 6. The number of benzene rings is 3. The van der Waals surface area contributed by atoms with Gasteiger partial charge in [0.2, 0.25) is 0 Å². The van der Waals surface area contributed by atoms with Gasteiger partial charge in [0.15, 0.2) is 0 Å². The van der Waals surface area contributed by atoms with Crippen LogP contribution in [0.5, 0.6) is 0 Å². The Morgan fingerprint density at radius 1 is 0.889 bits per heavy atom. The van der Waals surface area contributed by atoms with E-state index >= 15 is 0 Å². The number of ether oxygens (including phenoxy) is 2. The van der Waals surface area contributed by atoms with Crippen LogP contribution < -0.4 is 5.32 Å².